The lowest BCUT2D eigenvalue weighted by molar-refractivity contribution is -0.137. The lowest BCUT2D eigenvalue weighted by Gasteiger charge is -2.09. The highest BCUT2D eigenvalue weighted by Crippen LogP contribution is 2.29. The van der Waals surface area contributed by atoms with Crippen molar-refractivity contribution in [3.63, 3.8) is 0 Å². The van der Waals surface area contributed by atoms with Crippen LogP contribution in [-0.4, -0.2) is 13.0 Å². The first-order valence-electron chi connectivity index (χ1n) is 9.81. The number of nitrogens with one attached hydrogen (secondary N) is 1. The smallest absolute Gasteiger partial charge is 0.416 e. The van der Waals surface area contributed by atoms with Crippen molar-refractivity contribution in [1.82, 2.24) is 5.32 Å². The molecule has 0 bridgehead atoms. The van der Waals surface area contributed by atoms with E-state index in [2.05, 4.69) is 5.32 Å². The fourth-order valence-corrected chi connectivity index (χ4v) is 2.83. The van der Waals surface area contributed by atoms with Gasteiger partial charge in [0.1, 0.15) is 18.1 Å². The zero-order valence-corrected chi connectivity index (χ0v) is 17.4. The van der Waals surface area contributed by atoms with Gasteiger partial charge in [-0.3, -0.25) is 4.79 Å². The number of carbonyl (C=O) groups is 1. The van der Waals surface area contributed by atoms with Crippen LogP contribution in [0.15, 0.2) is 78.9 Å². The van der Waals surface area contributed by atoms with Gasteiger partial charge in [0.2, 0.25) is 5.91 Å². The summed E-state index contributed by atoms with van der Waals surface area (Å²) in [6.07, 6.45) is -1.27. The summed E-state index contributed by atoms with van der Waals surface area (Å²) >= 11 is 0. The zero-order chi connectivity index (χ0) is 23.0. The minimum atomic E-state index is -4.36. The molecule has 166 valence electrons. The highest BCUT2D eigenvalue weighted by molar-refractivity contribution is 5.91. The minimum Gasteiger partial charge on any atom is -0.497 e. The van der Waals surface area contributed by atoms with Crippen LogP contribution in [0.2, 0.25) is 0 Å². The van der Waals surface area contributed by atoms with Crippen molar-refractivity contribution in [3.8, 4) is 11.5 Å². The maximum absolute atomic E-state index is 12.6. The topological polar surface area (TPSA) is 47.6 Å². The van der Waals surface area contributed by atoms with Crippen molar-refractivity contribution in [2.24, 2.45) is 0 Å². The van der Waals surface area contributed by atoms with Gasteiger partial charge >= 0.3 is 6.18 Å². The van der Waals surface area contributed by atoms with E-state index >= 15 is 0 Å². The molecule has 0 aliphatic carbocycles. The van der Waals surface area contributed by atoms with Crippen molar-refractivity contribution >= 4 is 12.0 Å². The molecule has 7 heteroatoms. The molecule has 1 N–H and O–H groups in total. The van der Waals surface area contributed by atoms with Crippen LogP contribution in [0.4, 0.5) is 13.2 Å². The summed E-state index contributed by atoms with van der Waals surface area (Å²) in [4.78, 5) is 12.1. The van der Waals surface area contributed by atoms with Gasteiger partial charge in [0.05, 0.1) is 12.7 Å². The molecule has 3 aromatic rings. The van der Waals surface area contributed by atoms with E-state index in [0.29, 0.717) is 17.9 Å². The first-order chi connectivity index (χ1) is 15.3. The van der Waals surface area contributed by atoms with E-state index in [0.717, 1.165) is 29.0 Å². The molecule has 4 nitrogen and oxygen atoms in total. The second kappa shape index (κ2) is 10.5. The number of alkyl halides is 3. The third kappa shape index (κ3) is 6.91. The average molecular weight is 441 g/mol. The number of hydrogen-bond acceptors (Lipinski definition) is 3. The standard InChI is InChI=1S/C25H22F3NO3/c1-31-22-12-7-19(8-13-22)16-29-24(30)14-9-18-3-2-4-23(15-18)32-17-20-5-10-21(11-6-20)25(26,27)28/h2-15H,16-17H2,1H3,(H,29,30). The summed E-state index contributed by atoms with van der Waals surface area (Å²) in [5, 5.41) is 2.81. The van der Waals surface area contributed by atoms with Crippen LogP contribution in [-0.2, 0) is 24.1 Å². The van der Waals surface area contributed by atoms with Crippen LogP contribution in [0.5, 0.6) is 11.5 Å². The monoisotopic (exact) mass is 441 g/mol. The molecule has 0 aromatic heterocycles. The first kappa shape index (κ1) is 22.9. The predicted molar refractivity (Wildman–Crippen MR) is 116 cm³/mol. The van der Waals surface area contributed by atoms with Gasteiger partial charge in [-0.2, -0.15) is 13.2 Å². The minimum absolute atomic E-state index is 0.133. The van der Waals surface area contributed by atoms with E-state index < -0.39 is 11.7 Å². The number of halogens is 3. The van der Waals surface area contributed by atoms with E-state index in [1.165, 1.54) is 18.2 Å². The van der Waals surface area contributed by atoms with E-state index in [1.807, 2.05) is 30.3 Å². The Hall–Kier alpha value is -3.74. The van der Waals surface area contributed by atoms with Gasteiger partial charge < -0.3 is 14.8 Å². The Morgan fingerprint density at radius 1 is 0.938 bits per heavy atom. The van der Waals surface area contributed by atoms with Crippen molar-refractivity contribution in [2.75, 3.05) is 7.11 Å². The molecule has 0 heterocycles. The fraction of sp³-hybridized carbons (Fsp3) is 0.160. The number of amides is 1. The maximum atomic E-state index is 12.6. The molecule has 0 aliphatic rings. The molecule has 0 aliphatic heterocycles. The lowest BCUT2D eigenvalue weighted by Crippen LogP contribution is -2.20. The Kier molecular flexibility index (Phi) is 7.54. The number of rotatable bonds is 8. The number of methoxy groups -OCH3 is 1. The molecule has 0 radical (unpaired) electrons. The van der Waals surface area contributed by atoms with Gasteiger partial charge in [-0.05, 0) is 59.2 Å². The third-order valence-corrected chi connectivity index (χ3v) is 4.60. The van der Waals surface area contributed by atoms with Gasteiger partial charge in [0.15, 0.2) is 0 Å². The Balaban J connectivity index is 1.51. The van der Waals surface area contributed by atoms with Crippen LogP contribution < -0.4 is 14.8 Å². The predicted octanol–water partition coefficient (Wildman–Crippen LogP) is 5.62. The SMILES string of the molecule is COc1ccc(CNC(=O)C=Cc2cccc(OCc3ccc(C(F)(F)F)cc3)c2)cc1. The normalized spacial score (nSPS) is 11.4. The van der Waals surface area contributed by atoms with Gasteiger partial charge in [0.25, 0.3) is 0 Å². The molecule has 1 amide bonds. The fourth-order valence-electron chi connectivity index (χ4n) is 2.83. The lowest BCUT2D eigenvalue weighted by atomic mass is 10.1. The summed E-state index contributed by atoms with van der Waals surface area (Å²) in [7, 11) is 1.59. The summed E-state index contributed by atoms with van der Waals surface area (Å²) in [5.74, 6) is 1.06. The van der Waals surface area contributed by atoms with Crippen LogP contribution in [0.1, 0.15) is 22.3 Å². The molecular weight excluding hydrogens is 419 g/mol. The Labute approximate surface area is 184 Å². The second-order valence-corrected chi connectivity index (χ2v) is 6.96. The number of benzene rings is 3. The Bertz CT molecular complexity index is 1060. The molecule has 0 spiro atoms. The molecule has 0 saturated carbocycles. The molecule has 32 heavy (non-hydrogen) atoms. The molecular formula is C25H22F3NO3. The van der Waals surface area contributed by atoms with E-state index in [-0.39, 0.29) is 12.5 Å². The van der Waals surface area contributed by atoms with Crippen molar-refractivity contribution in [1.29, 1.82) is 0 Å². The largest absolute Gasteiger partial charge is 0.497 e. The number of carbonyl (C=O) groups excluding carboxylic acids is 1. The Morgan fingerprint density at radius 3 is 2.28 bits per heavy atom. The van der Waals surface area contributed by atoms with E-state index in [1.54, 1.807) is 31.4 Å². The van der Waals surface area contributed by atoms with Gasteiger partial charge in [-0.1, -0.05) is 36.4 Å². The van der Waals surface area contributed by atoms with Gasteiger partial charge in [-0.15, -0.1) is 0 Å². The number of ether oxygens (including phenoxy) is 2. The van der Waals surface area contributed by atoms with Crippen molar-refractivity contribution < 1.29 is 27.4 Å². The third-order valence-electron chi connectivity index (χ3n) is 4.60. The van der Waals surface area contributed by atoms with E-state index in [4.69, 9.17) is 9.47 Å². The van der Waals surface area contributed by atoms with Crippen molar-refractivity contribution in [3.05, 3.63) is 101 Å². The summed E-state index contributed by atoms with van der Waals surface area (Å²) in [5.41, 5.74) is 1.64. The molecule has 0 fully saturated rings. The van der Waals surface area contributed by atoms with Gasteiger partial charge in [0, 0.05) is 12.6 Å². The van der Waals surface area contributed by atoms with Crippen LogP contribution in [0.25, 0.3) is 6.08 Å². The molecule has 3 aromatic carbocycles. The van der Waals surface area contributed by atoms with Crippen LogP contribution >= 0.6 is 0 Å². The number of hydrogen-bond donors (Lipinski definition) is 1. The molecule has 0 saturated heterocycles. The molecule has 0 unspecified atom stereocenters. The molecule has 3 rings (SSSR count). The summed E-state index contributed by atoms with van der Waals surface area (Å²) < 4.78 is 48.7. The summed E-state index contributed by atoms with van der Waals surface area (Å²) in [6, 6.07) is 19.3. The van der Waals surface area contributed by atoms with Crippen molar-refractivity contribution in [2.45, 2.75) is 19.3 Å². The van der Waals surface area contributed by atoms with Gasteiger partial charge in [-0.25, -0.2) is 0 Å². The quantitative estimate of drug-likeness (QED) is 0.462. The maximum Gasteiger partial charge on any atom is 0.416 e. The average Bonchev–Trinajstić information content (AvgIpc) is 2.80. The van der Waals surface area contributed by atoms with E-state index in [9.17, 15) is 18.0 Å². The second-order valence-electron chi connectivity index (χ2n) is 6.96. The van der Waals surface area contributed by atoms with Crippen LogP contribution in [0, 0.1) is 0 Å². The van der Waals surface area contributed by atoms with Crippen LogP contribution in [0.3, 0.4) is 0 Å². The summed E-state index contributed by atoms with van der Waals surface area (Å²) in [6.45, 7) is 0.525. The highest BCUT2D eigenvalue weighted by atomic mass is 19.4. The first-order valence-corrected chi connectivity index (χ1v) is 9.81. The Morgan fingerprint density at radius 2 is 1.62 bits per heavy atom. The molecule has 0 atom stereocenters. The zero-order valence-electron chi connectivity index (χ0n) is 17.4. The highest BCUT2D eigenvalue weighted by Gasteiger charge is 2.29.